The summed E-state index contributed by atoms with van der Waals surface area (Å²) in [6, 6.07) is 60.9. The van der Waals surface area contributed by atoms with E-state index in [1.807, 2.05) is 30.3 Å². The van der Waals surface area contributed by atoms with E-state index >= 15 is 0 Å². The van der Waals surface area contributed by atoms with Gasteiger partial charge in [-0.3, -0.25) is 0 Å². The topological polar surface area (TPSA) is 0 Å². The molecule has 0 aromatic heterocycles. The third kappa shape index (κ3) is 8.51. The van der Waals surface area contributed by atoms with Crippen molar-refractivity contribution in [3.05, 3.63) is 170 Å². The summed E-state index contributed by atoms with van der Waals surface area (Å²) >= 11 is 0. The number of hydrogen-bond acceptors (Lipinski definition) is 0. The van der Waals surface area contributed by atoms with Crippen LogP contribution in [0.2, 0.25) is 0 Å². The zero-order valence-electron chi connectivity index (χ0n) is 21.2. The normalized spacial score (nSPS) is 9.90. The van der Waals surface area contributed by atoms with Crippen LogP contribution in [0.3, 0.4) is 0 Å². The molecule has 0 N–H and O–H groups in total. The van der Waals surface area contributed by atoms with Gasteiger partial charge in [0.2, 0.25) is 0 Å². The van der Waals surface area contributed by atoms with E-state index in [0.29, 0.717) is 0 Å². The van der Waals surface area contributed by atoms with Crippen LogP contribution in [0.4, 0.5) is 0 Å². The van der Waals surface area contributed by atoms with Crippen molar-refractivity contribution in [2.75, 3.05) is 0 Å². The van der Waals surface area contributed by atoms with Crippen molar-refractivity contribution in [2.24, 2.45) is 0 Å². The van der Waals surface area contributed by atoms with Gasteiger partial charge in [0, 0.05) is 17.1 Å². The van der Waals surface area contributed by atoms with Crippen molar-refractivity contribution < 1.29 is 17.1 Å². The Kier molecular flexibility index (Phi) is 14.5. The van der Waals surface area contributed by atoms with Gasteiger partial charge in [-0.2, -0.15) is 6.07 Å². The summed E-state index contributed by atoms with van der Waals surface area (Å²) in [6.45, 7) is 0. The molecule has 6 aromatic carbocycles. The molecule has 0 unspecified atom stereocenters. The van der Waals surface area contributed by atoms with Crippen LogP contribution in [0, 0.1) is 0 Å². The molecule has 6 rings (SSSR count). The zero-order chi connectivity index (χ0) is 24.4. The van der Waals surface area contributed by atoms with Crippen molar-refractivity contribution in [3.63, 3.8) is 0 Å². The summed E-state index contributed by atoms with van der Waals surface area (Å²) < 4.78 is 0. The first-order valence-corrected chi connectivity index (χ1v) is 14.8. The van der Waals surface area contributed by atoms with Gasteiger partial charge in [-0.05, 0) is 29.1 Å². The van der Waals surface area contributed by atoms with Crippen molar-refractivity contribution in [1.29, 1.82) is 0 Å². The molecule has 0 bridgehead atoms. The quantitative estimate of drug-likeness (QED) is 0.104. The van der Waals surface area contributed by atoms with Crippen molar-refractivity contribution in [1.82, 2.24) is 0 Å². The van der Waals surface area contributed by atoms with Crippen LogP contribution in [0.25, 0.3) is 0 Å². The second-order valence-electron chi connectivity index (χ2n) is 8.27. The predicted molar refractivity (Wildman–Crippen MR) is 176 cm³/mol. The van der Waals surface area contributed by atoms with E-state index in [-0.39, 0.29) is 41.9 Å². The summed E-state index contributed by atoms with van der Waals surface area (Å²) in [4.78, 5) is 0. The first-order chi connectivity index (χ1) is 17.9. The van der Waals surface area contributed by atoms with Gasteiger partial charge in [-0.25, -0.2) is 12.1 Å². The third-order valence-electron chi connectivity index (χ3n) is 5.87. The van der Waals surface area contributed by atoms with Crippen LogP contribution in [0.5, 0.6) is 0 Å². The molecular formula is C34H30Cl2FeP2-6. The van der Waals surface area contributed by atoms with Crippen LogP contribution in [-0.4, -0.2) is 0 Å². The van der Waals surface area contributed by atoms with E-state index in [9.17, 15) is 0 Å². The molecular weight excluding hydrogens is 597 g/mol. The monoisotopic (exact) mass is 626 g/mol. The van der Waals surface area contributed by atoms with E-state index in [2.05, 4.69) is 140 Å². The van der Waals surface area contributed by atoms with Gasteiger partial charge in [0.05, 0.1) is 0 Å². The first kappa shape index (κ1) is 32.7. The molecule has 5 heteroatoms. The molecule has 39 heavy (non-hydrogen) atoms. The minimum Gasteiger partial charge on any atom is -0.748 e. The van der Waals surface area contributed by atoms with Crippen LogP contribution in [0.1, 0.15) is 0 Å². The molecule has 0 radical (unpaired) electrons. The minimum atomic E-state index is -0.627. The number of halogens is 2. The molecule has 0 aliphatic heterocycles. The first-order valence-electron chi connectivity index (χ1n) is 12.1. The van der Waals surface area contributed by atoms with E-state index in [0.717, 1.165) is 0 Å². The maximum atomic E-state index is 2.35. The number of rotatable bonds is 6. The fraction of sp³-hybridized carbons (Fsp3) is 0. The van der Waals surface area contributed by atoms with Gasteiger partial charge >= 0.3 is 0 Å². The summed E-state index contributed by atoms with van der Waals surface area (Å²) in [7, 11) is -1.25. The molecule has 0 spiro atoms. The molecule has 0 nitrogen and oxygen atoms in total. The van der Waals surface area contributed by atoms with Crippen LogP contribution in [0.15, 0.2) is 170 Å². The Balaban J connectivity index is 0.000000603. The Morgan fingerprint density at radius 2 is 0.744 bits per heavy atom. The molecule has 0 aliphatic carbocycles. The van der Waals surface area contributed by atoms with Crippen molar-refractivity contribution in [3.8, 4) is 0 Å². The van der Waals surface area contributed by atoms with Gasteiger partial charge < -0.3 is 30.3 Å². The maximum absolute atomic E-state index is 2.35. The Hall–Kier alpha value is -2.46. The largest absolute Gasteiger partial charge is 0.748 e. The molecule has 0 saturated carbocycles. The van der Waals surface area contributed by atoms with Gasteiger partial charge in [-0.15, -0.1) is 35.4 Å². The Bertz CT molecular complexity index is 1230. The summed E-state index contributed by atoms with van der Waals surface area (Å²) in [5.74, 6) is 0. The van der Waals surface area contributed by atoms with Crippen LogP contribution >= 0.6 is 40.7 Å². The molecule has 0 amide bonds. The van der Waals surface area contributed by atoms with Crippen LogP contribution < -0.4 is 31.8 Å². The average Bonchev–Trinajstić information content (AvgIpc) is 3.68. The van der Waals surface area contributed by atoms with Gasteiger partial charge in [0.25, 0.3) is 0 Å². The molecule has 0 atom stereocenters. The molecule has 204 valence electrons. The van der Waals surface area contributed by atoms with E-state index in [4.69, 9.17) is 0 Å². The van der Waals surface area contributed by atoms with Crippen molar-refractivity contribution in [2.45, 2.75) is 0 Å². The van der Waals surface area contributed by atoms with Gasteiger partial charge in [0.15, 0.2) is 0 Å². The predicted octanol–water partition coefficient (Wildman–Crippen LogP) is 7.17. The fourth-order valence-corrected chi connectivity index (χ4v) is 9.53. The Morgan fingerprint density at radius 1 is 0.410 bits per heavy atom. The van der Waals surface area contributed by atoms with Crippen LogP contribution in [-0.2, 0) is 17.1 Å². The van der Waals surface area contributed by atoms with Gasteiger partial charge in [0.1, 0.15) is 0 Å². The smallest absolute Gasteiger partial charge is 0 e. The SMILES string of the molecule is Cl.Cl.[Fe].[cH-]1[cH-][cH-][cH-][cH-]1.c1ccc(P(c2ccccc2)c2ccc[c-]2P(c2ccccc2)c2ccccc2)cc1. The maximum Gasteiger partial charge on any atom is 0 e. The fourth-order valence-electron chi connectivity index (χ4n) is 4.26. The Labute approximate surface area is 258 Å². The zero-order valence-corrected chi connectivity index (χ0v) is 25.8. The Morgan fingerprint density at radius 3 is 1.10 bits per heavy atom. The summed E-state index contributed by atoms with van der Waals surface area (Å²) in [5, 5.41) is 8.51. The molecule has 6 aromatic rings. The van der Waals surface area contributed by atoms with E-state index < -0.39 is 15.8 Å². The van der Waals surface area contributed by atoms with Gasteiger partial charge in [-0.1, -0.05) is 129 Å². The molecule has 0 saturated heterocycles. The standard InChI is InChI=1S/C29H23P2.C5H5.2ClH.Fe/c1-5-14-24(15-6-1)30(25-16-7-2-8-17-25)28-22-13-23-29(28)31(26-18-9-3-10-19-26)27-20-11-4-12-21-27;1-2-4-5-3-1;;;/h1-23H;1-5H;2*1H;/q-1;-5;;;. The molecule has 0 aliphatic rings. The molecule has 0 fully saturated rings. The summed E-state index contributed by atoms with van der Waals surface area (Å²) in [6.07, 6.45) is 0. The second kappa shape index (κ2) is 17.3. The second-order valence-corrected chi connectivity index (χ2v) is 12.6. The van der Waals surface area contributed by atoms with E-state index in [1.165, 1.54) is 31.8 Å². The minimum absolute atomic E-state index is 0. The third-order valence-corrected chi connectivity index (χ3v) is 11.0. The number of hydrogen-bond donors (Lipinski definition) is 0. The molecule has 0 heterocycles. The average molecular weight is 627 g/mol. The van der Waals surface area contributed by atoms with E-state index in [1.54, 1.807) is 0 Å². The van der Waals surface area contributed by atoms with Crippen molar-refractivity contribution >= 4 is 72.5 Å². The summed E-state index contributed by atoms with van der Waals surface area (Å²) in [5.41, 5.74) is 0. The number of benzene rings is 4.